The number of hydrogen-bond acceptors (Lipinski definition) is 3. The summed E-state index contributed by atoms with van der Waals surface area (Å²) in [6.45, 7) is 8.99. The maximum Gasteiger partial charge on any atom is 0.416 e. The van der Waals surface area contributed by atoms with Gasteiger partial charge in [-0.05, 0) is 63.6 Å². The molecular weight excluding hydrogens is 365 g/mol. The molecule has 28 heavy (non-hydrogen) atoms. The molecule has 1 fully saturated rings. The van der Waals surface area contributed by atoms with Gasteiger partial charge < -0.3 is 9.64 Å². The predicted molar refractivity (Wildman–Crippen MR) is 106 cm³/mol. The van der Waals surface area contributed by atoms with Gasteiger partial charge in [0.05, 0.1) is 12.2 Å². The Balaban J connectivity index is 1.74. The summed E-state index contributed by atoms with van der Waals surface area (Å²) >= 11 is 0. The van der Waals surface area contributed by atoms with Crippen molar-refractivity contribution in [3.8, 4) is 5.75 Å². The van der Waals surface area contributed by atoms with Crippen LogP contribution in [0.1, 0.15) is 44.7 Å². The van der Waals surface area contributed by atoms with Crippen molar-refractivity contribution in [3.05, 3.63) is 47.7 Å². The maximum absolute atomic E-state index is 13.2. The van der Waals surface area contributed by atoms with E-state index < -0.39 is 11.7 Å². The highest BCUT2D eigenvalue weighted by molar-refractivity contribution is 5.74. The second-order valence-electron chi connectivity index (χ2n) is 7.55. The fraction of sp³-hybridized carbons (Fsp3) is 0.545. The Kier molecular flexibility index (Phi) is 6.38. The molecule has 0 aromatic heterocycles. The van der Waals surface area contributed by atoms with Crippen LogP contribution in [-0.2, 0) is 6.18 Å². The quantitative estimate of drug-likeness (QED) is 0.684. The van der Waals surface area contributed by atoms with E-state index in [0.717, 1.165) is 37.6 Å². The fourth-order valence-corrected chi connectivity index (χ4v) is 4.20. The third-order valence-electron chi connectivity index (χ3n) is 5.66. The Morgan fingerprint density at radius 1 is 1.29 bits per heavy atom. The van der Waals surface area contributed by atoms with Crippen LogP contribution >= 0.6 is 0 Å². The average molecular weight is 394 g/mol. The van der Waals surface area contributed by atoms with Crippen molar-refractivity contribution < 1.29 is 17.9 Å². The van der Waals surface area contributed by atoms with E-state index in [1.165, 1.54) is 12.1 Å². The summed E-state index contributed by atoms with van der Waals surface area (Å²) in [5.74, 6) is 0.528. The van der Waals surface area contributed by atoms with E-state index in [2.05, 4.69) is 35.1 Å². The predicted octanol–water partition coefficient (Wildman–Crippen LogP) is 5.19. The molecule has 1 aromatic carbocycles. The minimum Gasteiger partial charge on any atom is -0.493 e. The summed E-state index contributed by atoms with van der Waals surface area (Å²) in [6, 6.07) is 4.69. The van der Waals surface area contributed by atoms with Gasteiger partial charge in [0.1, 0.15) is 5.75 Å². The molecule has 2 atom stereocenters. The van der Waals surface area contributed by atoms with Gasteiger partial charge in [0, 0.05) is 37.3 Å². The third-order valence-corrected chi connectivity index (χ3v) is 5.66. The van der Waals surface area contributed by atoms with E-state index in [1.54, 1.807) is 0 Å². The van der Waals surface area contributed by atoms with E-state index >= 15 is 0 Å². The lowest BCUT2D eigenvalue weighted by atomic mass is 9.97. The van der Waals surface area contributed by atoms with Gasteiger partial charge in [-0.3, -0.25) is 4.90 Å². The molecule has 0 saturated carbocycles. The highest BCUT2D eigenvalue weighted by atomic mass is 19.4. The molecule has 3 nitrogen and oxygen atoms in total. The highest BCUT2D eigenvalue weighted by Gasteiger charge is 2.33. The minimum atomic E-state index is -4.35. The van der Waals surface area contributed by atoms with E-state index in [0.29, 0.717) is 36.5 Å². The van der Waals surface area contributed by atoms with Crippen LogP contribution in [0.15, 0.2) is 36.6 Å². The lowest BCUT2D eigenvalue weighted by Crippen LogP contribution is -2.46. The zero-order valence-electron chi connectivity index (χ0n) is 16.8. The molecular formula is C22H29F3N2O. The first-order valence-corrected chi connectivity index (χ1v) is 9.99. The Labute approximate surface area is 165 Å². The van der Waals surface area contributed by atoms with Gasteiger partial charge in [-0.2, -0.15) is 13.2 Å². The molecule has 0 radical (unpaired) electrons. The van der Waals surface area contributed by atoms with Gasteiger partial charge in [0.25, 0.3) is 0 Å². The molecule has 0 aliphatic carbocycles. The lowest BCUT2D eigenvalue weighted by Gasteiger charge is -2.41. The van der Waals surface area contributed by atoms with Crippen molar-refractivity contribution in [3.63, 3.8) is 0 Å². The summed E-state index contributed by atoms with van der Waals surface area (Å²) in [5.41, 5.74) is 0.871. The molecule has 6 heteroatoms. The third kappa shape index (κ3) is 4.54. The normalized spacial score (nSPS) is 24.1. The molecule has 0 spiro atoms. The molecule has 1 aromatic rings. The van der Waals surface area contributed by atoms with Gasteiger partial charge in [-0.1, -0.05) is 12.2 Å². The molecule has 2 unspecified atom stereocenters. The number of piperidine rings is 1. The Morgan fingerprint density at radius 2 is 2.07 bits per heavy atom. The van der Waals surface area contributed by atoms with Crippen molar-refractivity contribution in [2.75, 3.05) is 26.2 Å². The first-order valence-electron chi connectivity index (χ1n) is 9.99. The Bertz CT molecular complexity index is 742. The zero-order chi connectivity index (χ0) is 20.3. The number of rotatable bonds is 5. The smallest absolute Gasteiger partial charge is 0.416 e. The molecule has 0 amide bonds. The summed E-state index contributed by atoms with van der Waals surface area (Å²) in [5, 5.41) is 0. The number of allylic oxidation sites excluding steroid dienone is 1. The number of nitrogens with zero attached hydrogens (tertiary/aromatic N) is 2. The van der Waals surface area contributed by atoms with Crippen LogP contribution in [0.25, 0.3) is 5.57 Å². The first kappa shape index (κ1) is 20.8. The number of hydrogen-bond donors (Lipinski definition) is 0. The highest BCUT2D eigenvalue weighted by Crippen LogP contribution is 2.37. The van der Waals surface area contributed by atoms with Gasteiger partial charge in [-0.15, -0.1) is 0 Å². The average Bonchev–Trinajstić information content (AvgIpc) is 3.13. The number of benzene rings is 1. The SMILES string of the molecule is CC=CN1CCC(N2CC=C(c3cc(C(F)(F)F)ccc3OCC)C2)CC1C. The molecule has 154 valence electrons. The van der Waals surface area contributed by atoms with Crippen LogP contribution in [0.4, 0.5) is 13.2 Å². The number of ether oxygens (including phenoxy) is 1. The minimum absolute atomic E-state index is 0.427. The largest absolute Gasteiger partial charge is 0.493 e. The summed E-state index contributed by atoms with van der Waals surface area (Å²) in [7, 11) is 0. The topological polar surface area (TPSA) is 15.7 Å². The number of halogens is 3. The molecule has 2 heterocycles. The van der Waals surface area contributed by atoms with Crippen molar-refractivity contribution in [2.24, 2.45) is 0 Å². The van der Waals surface area contributed by atoms with Crippen molar-refractivity contribution >= 4 is 5.57 Å². The van der Waals surface area contributed by atoms with Crippen LogP contribution in [0.3, 0.4) is 0 Å². The van der Waals surface area contributed by atoms with E-state index in [9.17, 15) is 13.2 Å². The zero-order valence-corrected chi connectivity index (χ0v) is 16.8. The second-order valence-corrected chi connectivity index (χ2v) is 7.55. The standard InChI is InChI=1S/C22H29F3N2O/c1-4-10-26-12-9-19(13-16(26)3)27-11-8-17(15-27)20-14-18(22(23,24)25)6-7-21(20)28-5-2/h4,6-8,10,14,16,19H,5,9,11-13,15H2,1-3H3. The van der Waals surface area contributed by atoms with Gasteiger partial charge >= 0.3 is 6.18 Å². The fourth-order valence-electron chi connectivity index (χ4n) is 4.20. The lowest BCUT2D eigenvalue weighted by molar-refractivity contribution is -0.137. The molecule has 2 aliphatic heterocycles. The summed E-state index contributed by atoms with van der Waals surface area (Å²) in [4.78, 5) is 4.75. The van der Waals surface area contributed by atoms with E-state index in [1.807, 2.05) is 13.8 Å². The molecule has 0 N–H and O–H groups in total. The van der Waals surface area contributed by atoms with Gasteiger partial charge in [-0.25, -0.2) is 0 Å². The molecule has 3 rings (SSSR count). The molecule has 0 bridgehead atoms. The summed E-state index contributed by atoms with van der Waals surface area (Å²) < 4.78 is 45.2. The van der Waals surface area contributed by atoms with Crippen LogP contribution < -0.4 is 4.74 Å². The van der Waals surface area contributed by atoms with Gasteiger partial charge in [0.15, 0.2) is 0 Å². The Hall–Kier alpha value is -1.95. The van der Waals surface area contributed by atoms with Crippen LogP contribution in [0.2, 0.25) is 0 Å². The Morgan fingerprint density at radius 3 is 2.71 bits per heavy atom. The molecule has 1 saturated heterocycles. The second kappa shape index (κ2) is 8.60. The number of alkyl halides is 3. The van der Waals surface area contributed by atoms with Crippen LogP contribution in [0, 0.1) is 0 Å². The van der Waals surface area contributed by atoms with Crippen molar-refractivity contribution in [1.29, 1.82) is 0 Å². The molecule has 2 aliphatic rings. The van der Waals surface area contributed by atoms with Gasteiger partial charge in [0.2, 0.25) is 0 Å². The van der Waals surface area contributed by atoms with E-state index in [-0.39, 0.29) is 0 Å². The monoisotopic (exact) mass is 394 g/mol. The first-order chi connectivity index (χ1) is 13.3. The van der Waals surface area contributed by atoms with E-state index in [4.69, 9.17) is 4.74 Å². The maximum atomic E-state index is 13.2. The van der Waals surface area contributed by atoms with Crippen LogP contribution in [-0.4, -0.2) is 48.1 Å². The van der Waals surface area contributed by atoms with Crippen molar-refractivity contribution in [1.82, 2.24) is 9.80 Å². The van der Waals surface area contributed by atoms with Crippen LogP contribution in [0.5, 0.6) is 5.75 Å². The number of likely N-dealkylation sites (tertiary alicyclic amines) is 1. The summed E-state index contributed by atoms with van der Waals surface area (Å²) in [6.07, 6.45) is 4.04. The van der Waals surface area contributed by atoms with Crippen molar-refractivity contribution in [2.45, 2.75) is 51.9 Å².